The molecular weight excluding hydrogens is 518 g/mol. The zero-order valence-electron chi connectivity index (χ0n) is 20.3. The maximum absolute atomic E-state index is 13.3. The van der Waals surface area contributed by atoms with Crippen LogP contribution in [0.25, 0.3) is 22.4 Å². The number of rotatable bonds is 5. The van der Waals surface area contributed by atoms with E-state index in [4.69, 9.17) is 4.42 Å². The van der Waals surface area contributed by atoms with E-state index in [-0.39, 0.29) is 22.7 Å². The third-order valence-corrected chi connectivity index (χ3v) is 7.31. The Bertz CT molecular complexity index is 1880. The second-order valence-corrected chi connectivity index (χ2v) is 10.0. The molecule has 6 rings (SSSR count). The molecule has 1 aliphatic heterocycles. The molecule has 0 fully saturated rings. The molecule has 0 spiro atoms. The predicted molar refractivity (Wildman–Crippen MR) is 145 cm³/mol. The number of anilines is 1. The summed E-state index contributed by atoms with van der Waals surface area (Å²) in [6, 6.07) is 23.0. The third-order valence-electron chi connectivity index (χ3n) is 6.30. The first-order chi connectivity index (χ1) is 18.8. The minimum atomic E-state index is -0.532. The van der Waals surface area contributed by atoms with Crippen molar-refractivity contribution in [2.24, 2.45) is 0 Å². The maximum atomic E-state index is 13.3. The van der Waals surface area contributed by atoms with Gasteiger partial charge in [-0.05, 0) is 73.7 Å². The summed E-state index contributed by atoms with van der Waals surface area (Å²) in [5.41, 5.74) is 2.11. The molecule has 0 bridgehead atoms. The minimum absolute atomic E-state index is 0.0112. The fourth-order valence-corrected chi connectivity index (χ4v) is 5.17. The van der Waals surface area contributed by atoms with Gasteiger partial charge >= 0.3 is 5.63 Å². The monoisotopic (exact) mass is 535 g/mol. The van der Waals surface area contributed by atoms with Crippen LogP contribution in [0, 0.1) is 17.0 Å². The molecule has 0 saturated heterocycles. The number of amides is 2. The van der Waals surface area contributed by atoms with E-state index in [9.17, 15) is 24.5 Å². The topological polar surface area (TPSA) is 124 Å². The Morgan fingerprint density at radius 3 is 2.18 bits per heavy atom. The zero-order chi connectivity index (χ0) is 27.3. The predicted octanol–water partition coefficient (Wildman–Crippen LogP) is 6.02. The molecule has 0 unspecified atom stereocenters. The number of non-ortho nitro benzene ring substituents is 1. The highest BCUT2D eigenvalue weighted by Gasteiger charge is 2.37. The van der Waals surface area contributed by atoms with E-state index in [1.54, 1.807) is 54.6 Å². The van der Waals surface area contributed by atoms with Gasteiger partial charge in [-0.3, -0.25) is 19.7 Å². The number of hydrogen-bond acceptors (Lipinski definition) is 8. The minimum Gasteiger partial charge on any atom is -0.403 e. The van der Waals surface area contributed by atoms with Crippen LogP contribution >= 0.6 is 11.8 Å². The third kappa shape index (κ3) is 4.36. The Morgan fingerprint density at radius 1 is 0.821 bits per heavy atom. The summed E-state index contributed by atoms with van der Waals surface area (Å²) in [4.78, 5) is 56.5. The number of benzene rings is 4. The first-order valence-corrected chi connectivity index (χ1v) is 12.6. The second kappa shape index (κ2) is 9.34. The average molecular weight is 536 g/mol. The molecule has 9 nitrogen and oxygen atoms in total. The number of hydrogen-bond donors (Lipinski definition) is 0. The summed E-state index contributed by atoms with van der Waals surface area (Å²) in [5, 5.41) is 11.2. The maximum Gasteiger partial charge on any atom is 0.347 e. The molecule has 0 atom stereocenters. The molecule has 0 aliphatic carbocycles. The number of aromatic nitrogens is 1. The van der Waals surface area contributed by atoms with Crippen molar-refractivity contribution in [3.63, 3.8) is 0 Å². The molecule has 0 radical (unpaired) electrons. The van der Waals surface area contributed by atoms with Gasteiger partial charge in [0.25, 0.3) is 17.5 Å². The fourth-order valence-electron chi connectivity index (χ4n) is 4.35. The van der Waals surface area contributed by atoms with Crippen molar-refractivity contribution < 1.29 is 18.9 Å². The summed E-state index contributed by atoms with van der Waals surface area (Å²) in [6.45, 7) is 1.87. The summed E-state index contributed by atoms with van der Waals surface area (Å²) in [5.74, 6) is -0.891. The quantitative estimate of drug-likeness (QED) is 0.152. The van der Waals surface area contributed by atoms with E-state index in [1.807, 2.05) is 13.0 Å². The lowest BCUT2D eigenvalue weighted by Crippen LogP contribution is -2.29. The van der Waals surface area contributed by atoms with Crippen LogP contribution in [0.5, 0.6) is 0 Å². The highest BCUT2D eigenvalue weighted by Crippen LogP contribution is 2.34. The normalized spacial score (nSPS) is 12.7. The largest absolute Gasteiger partial charge is 0.403 e. The van der Waals surface area contributed by atoms with E-state index in [2.05, 4.69) is 4.98 Å². The van der Waals surface area contributed by atoms with Crippen molar-refractivity contribution in [3.8, 4) is 11.5 Å². The molecule has 2 heterocycles. The Balaban J connectivity index is 1.26. The van der Waals surface area contributed by atoms with Crippen LogP contribution in [0.15, 0.2) is 104 Å². The van der Waals surface area contributed by atoms with Crippen LogP contribution in [0.2, 0.25) is 0 Å². The molecule has 2 amide bonds. The van der Waals surface area contributed by atoms with Crippen molar-refractivity contribution >= 4 is 45.9 Å². The van der Waals surface area contributed by atoms with Gasteiger partial charge in [0.2, 0.25) is 5.89 Å². The lowest BCUT2D eigenvalue weighted by Gasteiger charge is -2.14. The summed E-state index contributed by atoms with van der Waals surface area (Å²) < 4.78 is 5.43. The molecule has 0 N–H and O–H groups in total. The van der Waals surface area contributed by atoms with E-state index >= 15 is 0 Å². The molecule has 0 saturated carbocycles. The molecule has 39 heavy (non-hydrogen) atoms. The number of imide groups is 1. The zero-order valence-corrected chi connectivity index (χ0v) is 21.1. The number of nitro benzene ring substituents is 1. The number of carbonyl (C=O) groups is 2. The Labute approximate surface area is 224 Å². The van der Waals surface area contributed by atoms with Crippen LogP contribution in [0.1, 0.15) is 26.3 Å². The number of carbonyl (C=O) groups excluding carboxylic acids is 2. The van der Waals surface area contributed by atoms with Crippen molar-refractivity contribution in [1.29, 1.82) is 0 Å². The molecule has 5 aromatic rings. The lowest BCUT2D eigenvalue weighted by atomic mass is 10.1. The first-order valence-electron chi connectivity index (χ1n) is 11.8. The van der Waals surface area contributed by atoms with Crippen LogP contribution in [-0.2, 0) is 0 Å². The van der Waals surface area contributed by atoms with Crippen LogP contribution in [-0.4, -0.2) is 21.7 Å². The number of nitro groups is 1. The van der Waals surface area contributed by atoms with E-state index < -0.39 is 22.4 Å². The molecule has 1 aromatic heterocycles. The highest BCUT2D eigenvalue weighted by molar-refractivity contribution is 7.99. The van der Waals surface area contributed by atoms with Crippen LogP contribution in [0.3, 0.4) is 0 Å². The molecule has 190 valence electrons. The van der Waals surface area contributed by atoms with Gasteiger partial charge in [0.15, 0.2) is 0 Å². The molecule has 10 heteroatoms. The summed E-state index contributed by atoms with van der Waals surface area (Å²) >= 11 is 1.40. The van der Waals surface area contributed by atoms with Gasteiger partial charge in [-0.25, -0.2) is 14.7 Å². The van der Waals surface area contributed by atoms with E-state index in [0.717, 1.165) is 20.3 Å². The lowest BCUT2D eigenvalue weighted by molar-refractivity contribution is -0.384. The van der Waals surface area contributed by atoms with Gasteiger partial charge in [-0.15, -0.1) is 0 Å². The van der Waals surface area contributed by atoms with Crippen molar-refractivity contribution in [2.45, 2.75) is 16.7 Å². The average Bonchev–Trinajstić information content (AvgIpc) is 3.18. The van der Waals surface area contributed by atoms with Crippen LogP contribution < -0.4 is 10.5 Å². The Hall–Kier alpha value is -5.09. The van der Waals surface area contributed by atoms with Gasteiger partial charge in [0.05, 0.1) is 32.6 Å². The standard InChI is InChI=1S/C29H17N3O6S/c1-16-2-13-25-24(14-16)29(35)38-26(30-25)17-3-12-22-23(15-17)28(34)31(27(22)33)18-4-8-20(9-5-18)39-21-10-6-19(7-11-21)32(36)37/h2-15H,1H3. The summed E-state index contributed by atoms with van der Waals surface area (Å²) in [6.07, 6.45) is 0. The molecule has 4 aromatic carbocycles. The van der Waals surface area contributed by atoms with Gasteiger partial charge < -0.3 is 4.42 Å². The van der Waals surface area contributed by atoms with Gasteiger partial charge in [0, 0.05) is 27.5 Å². The van der Waals surface area contributed by atoms with E-state index in [0.29, 0.717) is 22.2 Å². The van der Waals surface area contributed by atoms with Gasteiger partial charge in [-0.2, -0.15) is 0 Å². The van der Waals surface area contributed by atoms with Crippen molar-refractivity contribution in [2.75, 3.05) is 4.90 Å². The van der Waals surface area contributed by atoms with Crippen molar-refractivity contribution in [1.82, 2.24) is 4.98 Å². The van der Waals surface area contributed by atoms with Crippen LogP contribution in [0.4, 0.5) is 11.4 Å². The van der Waals surface area contributed by atoms with Crippen molar-refractivity contribution in [3.05, 3.63) is 122 Å². The van der Waals surface area contributed by atoms with Gasteiger partial charge in [0.1, 0.15) is 0 Å². The summed E-state index contributed by atoms with van der Waals surface area (Å²) in [7, 11) is 0. The van der Waals surface area contributed by atoms with E-state index in [1.165, 1.54) is 36.0 Å². The smallest absolute Gasteiger partial charge is 0.347 e. The highest BCUT2D eigenvalue weighted by atomic mass is 32.2. The SMILES string of the molecule is Cc1ccc2nc(-c3ccc4c(c3)C(=O)N(c3ccc(Sc5ccc([N+](=O)[O-])cc5)cc3)C4=O)oc(=O)c2c1. The second-order valence-electron chi connectivity index (χ2n) is 8.88. The van der Waals surface area contributed by atoms with Gasteiger partial charge in [-0.1, -0.05) is 23.4 Å². The molecule has 1 aliphatic rings. The Morgan fingerprint density at radius 2 is 1.49 bits per heavy atom. The number of fused-ring (bicyclic) bond motifs is 2. The fraction of sp³-hybridized carbons (Fsp3) is 0.0345. The first kappa shape index (κ1) is 24.3. The molecular formula is C29H17N3O6S. The number of aryl methyl sites for hydroxylation is 1. The Kier molecular flexibility index (Phi) is 5.81. The number of nitrogens with zero attached hydrogens (tertiary/aromatic N) is 3.